The molecule has 0 aliphatic carbocycles. The zero-order valence-corrected chi connectivity index (χ0v) is 14.7. The molecule has 0 bridgehead atoms. The van der Waals surface area contributed by atoms with Gasteiger partial charge in [0.25, 0.3) is 5.91 Å². The Labute approximate surface area is 154 Å². The molecule has 1 fully saturated rings. The Balaban J connectivity index is 1.87. The first-order valence-corrected chi connectivity index (χ1v) is 8.67. The number of nitrogens with zero attached hydrogens (tertiary/aromatic N) is 2. The van der Waals surface area contributed by atoms with Crippen molar-refractivity contribution in [2.75, 3.05) is 17.8 Å². The molecule has 0 saturated carbocycles. The van der Waals surface area contributed by atoms with Gasteiger partial charge in [-0.25, -0.2) is 0 Å². The third-order valence-electron chi connectivity index (χ3n) is 3.67. The molecular formula is C18H15N3O4S. The Morgan fingerprint density at radius 3 is 2.77 bits per heavy atom. The lowest BCUT2D eigenvalue weighted by Gasteiger charge is -2.18. The first-order valence-electron chi connectivity index (χ1n) is 7.69. The van der Waals surface area contributed by atoms with Crippen molar-refractivity contribution in [2.45, 2.75) is 6.54 Å². The third kappa shape index (κ3) is 3.58. The topological polar surface area (TPSA) is 95.6 Å². The summed E-state index contributed by atoms with van der Waals surface area (Å²) < 4.78 is 10.3. The first kappa shape index (κ1) is 17.6. The summed E-state index contributed by atoms with van der Waals surface area (Å²) in [5, 5.41) is 12.4. The van der Waals surface area contributed by atoms with Gasteiger partial charge in [0.05, 0.1) is 25.7 Å². The van der Waals surface area contributed by atoms with Gasteiger partial charge in [-0.2, -0.15) is 5.26 Å². The van der Waals surface area contributed by atoms with Gasteiger partial charge in [-0.15, -0.1) is 0 Å². The summed E-state index contributed by atoms with van der Waals surface area (Å²) in [7, 11) is 1.55. The molecule has 1 aromatic heterocycles. The highest BCUT2D eigenvalue weighted by Gasteiger charge is 2.33. The number of benzene rings is 1. The van der Waals surface area contributed by atoms with E-state index >= 15 is 0 Å². The molecule has 3 rings (SSSR count). The van der Waals surface area contributed by atoms with Crippen molar-refractivity contribution in [1.29, 1.82) is 5.26 Å². The van der Waals surface area contributed by atoms with E-state index in [0.717, 1.165) is 0 Å². The monoisotopic (exact) mass is 369 g/mol. The highest BCUT2D eigenvalue weighted by atomic mass is 32.2. The number of hydrogen-bond donors (Lipinski definition) is 1. The lowest BCUT2D eigenvalue weighted by Crippen LogP contribution is -2.29. The predicted molar refractivity (Wildman–Crippen MR) is 96.1 cm³/mol. The van der Waals surface area contributed by atoms with Crippen molar-refractivity contribution in [1.82, 2.24) is 5.32 Å². The van der Waals surface area contributed by atoms with Crippen molar-refractivity contribution in [2.24, 2.45) is 0 Å². The number of amides is 2. The van der Waals surface area contributed by atoms with Crippen molar-refractivity contribution in [3.63, 3.8) is 0 Å². The number of rotatable bonds is 5. The summed E-state index contributed by atoms with van der Waals surface area (Å²) in [5.74, 6) is 0.636. The molecule has 0 radical (unpaired) electrons. The maximum Gasteiger partial charge on any atom is 0.265 e. The third-order valence-corrected chi connectivity index (χ3v) is 4.72. The minimum Gasteiger partial charge on any atom is -0.497 e. The molecule has 8 heteroatoms. The van der Waals surface area contributed by atoms with Crippen LogP contribution < -0.4 is 15.0 Å². The maximum atomic E-state index is 12.4. The fourth-order valence-electron chi connectivity index (χ4n) is 2.41. The average molecular weight is 369 g/mol. The van der Waals surface area contributed by atoms with Gasteiger partial charge in [-0.1, -0.05) is 11.8 Å². The molecule has 0 atom stereocenters. The molecule has 1 saturated heterocycles. The number of ether oxygens (including phenoxy) is 1. The summed E-state index contributed by atoms with van der Waals surface area (Å²) in [5.41, 5.74) is 0.464. The van der Waals surface area contributed by atoms with Gasteiger partial charge < -0.3 is 14.5 Å². The lowest BCUT2D eigenvalue weighted by atomic mass is 10.2. The highest BCUT2D eigenvalue weighted by Crippen LogP contribution is 2.36. The lowest BCUT2D eigenvalue weighted by molar-refractivity contribution is -0.117. The van der Waals surface area contributed by atoms with Crippen LogP contribution in [0.2, 0.25) is 0 Å². The second kappa shape index (κ2) is 7.80. The number of methoxy groups -OCH3 is 1. The van der Waals surface area contributed by atoms with Crippen molar-refractivity contribution in [3.8, 4) is 11.8 Å². The Morgan fingerprint density at radius 2 is 2.15 bits per heavy atom. The van der Waals surface area contributed by atoms with Crippen LogP contribution in [-0.4, -0.2) is 24.7 Å². The molecule has 0 spiro atoms. The van der Waals surface area contributed by atoms with Gasteiger partial charge >= 0.3 is 0 Å². The Hall–Kier alpha value is -3.18. The van der Waals surface area contributed by atoms with E-state index in [4.69, 9.17) is 9.15 Å². The quantitative estimate of drug-likeness (QED) is 0.642. The number of nitriles is 1. The normalized spacial score (nSPS) is 15.5. The Morgan fingerprint density at radius 1 is 1.38 bits per heavy atom. The molecule has 26 heavy (non-hydrogen) atoms. The van der Waals surface area contributed by atoms with Crippen molar-refractivity contribution >= 4 is 29.3 Å². The van der Waals surface area contributed by atoms with Crippen LogP contribution in [0.25, 0.3) is 0 Å². The number of anilines is 1. The minimum atomic E-state index is -0.556. The van der Waals surface area contributed by atoms with Crippen LogP contribution in [0.4, 0.5) is 5.69 Å². The van der Waals surface area contributed by atoms with Gasteiger partial charge in [-0.3, -0.25) is 14.5 Å². The van der Waals surface area contributed by atoms with E-state index in [2.05, 4.69) is 5.32 Å². The van der Waals surface area contributed by atoms with Crippen LogP contribution in [0.3, 0.4) is 0 Å². The smallest absolute Gasteiger partial charge is 0.265 e. The largest absolute Gasteiger partial charge is 0.497 e. The van der Waals surface area contributed by atoms with E-state index in [1.165, 1.54) is 22.9 Å². The maximum absolute atomic E-state index is 12.4. The second-order valence-electron chi connectivity index (χ2n) is 5.27. The van der Waals surface area contributed by atoms with E-state index < -0.39 is 5.91 Å². The Bertz CT molecular complexity index is 882. The van der Waals surface area contributed by atoms with Crippen LogP contribution in [0.5, 0.6) is 5.75 Å². The SMILES string of the molecule is COc1ccc(N2C(=O)CSC2=C(C#N)C(=O)NCc2ccco2)cc1. The highest BCUT2D eigenvalue weighted by molar-refractivity contribution is 8.04. The molecule has 2 amide bonds. The summed E-state index contributed by atoms with van der Waals surface area (Å²) in [6.07, 6.45) is 1.50. The zero-order chi connectivity index (χ0) is 18.5. The molecule has 1 N–H and O–H groups in total. The number of furan rings is 1. The molecule has 132 valence electrons. The van der Waals surface area contributed by atoms with E-state index in [1.807, 2.05) is 6.07 Å². The van der Waals surface area contributed by atoms with Crippen LogP contribution >= 0.6 is 11.8 Å². The number of thioether (sulfide) groups is 1. The summed E-state index contributed by atoms with van der Waals surface area (Å²) in [4.78, 5) is 26.1. The summed E-state index contributed by atoms with van der Waals surface area (Å²) in [6.45, 7) is 0.158. The number of carbonyl (C=O) groups is 2. The molecule has 2 heterocycles. The zero-order valence-electron chi connectivity index (χ0n) is 13.9. The van der Waals surface area contributed by atoms with Gasteiger partial charge in [0.1, 0.15) is 28.2 Å². The van der Waals surface area contributed by atoms with Gasteiger partial charge in [0.2, 0.25) is 5.91 Å². The first-order chi connectivity index (χ1) is 12.6. The number of hydrogen-bond acceptors (Lipinski definition) is 6. The molecule has 1 aliphatic rings. The van der Waals surface area contributed by atoms with Crippen molar-refractivity contribution < 1.29 is 18.7 Å². The molecule has 7 nitrogen and oxygen atoms in total. The second-order valence-corrected chi connectivity index (χ2v) is 6.23. The molecular weight excluding hydrogens is 354 g/mol. The fraction of sp³-hybridized carbons (Fsp3) is 0.167. The van der Waals surface area contributed by atoms with E-state index in [1.54, 1.807) is 43.5 Å². The van der Waals surface area contributed by atoms with E-state index in [0.29, 0.717) is 22.2 Å². The molecule has 1 aromatic carbocycles. The fourth-order valence-corrected chi connectivity index (χ4v) is 3.42. The predicted octanol–water partition coefficient (Wildman–Crippen LogP) is 2.42. The standard InChI is InChI=1S/C18H15N3O4S/c1-24-13-6-4-12(5-7-13)21-16(22)11-26-18(21)15(9-19)17(23)20-10-14-3-2-8-25-14/h2-8H,10-11H2,1H3,(H,20,23). The van der Waals surface area contributed by atoms with Gasteiger partial charge in [0, 0.05) is 5.69 Å². The Kier molecular flexibility index (Phi) is 5.29. The van der Waals surface area contributed by atoms with Crippen LogP contribution in [0.15, 0.2) is 57.7 Å². The van der Waals surface area contributed by atoms with Crippen LogP contribution in [-0.2, 0) is 16.1 Å². The van der Waals surface area contributed by atoms with E-state index in [9.17, 15) is 14.9 Å². The number of carbonyl (C=O) groups excluding carboxylic acids is 2. The van der Waals surface area contributed by atoms with E-state index in [-0.39, 0.29) is 23.8 Å². The molecule has 0 unspecified atom stereocenters. The van der Waals surface area contributed by atoms with Gasteiger partial charge in [-0.05, 0) is 36.4 Å². The molecule has 1 aliphatic heterocycles. The minimum absolute atomic E-state index is 0.108. The van der Waals surface area contributed by atoms with Crippen LogP contribution in [0, 0.1) is 11.3 Å². The van der Waals surface area contributed by atoms with Gasteiger partial charge in [0.15, 0.2) is 0 Å². The van der Waals surface area contributed by atoms with Crippen molar-refractivity contribution in [3.05, 3.63) is 59.0 Å². The van der Waals surface area contributed by atoms with Crippen LogP contribution in [0.1, 0.15) is 5.76 Å². The summed E-state index contributed by atoms with van der Waals surface area (Å²) in [6, 6.07) is 12.2. The average Bonchev–Trinajstić information content (AvgIpc) is 3.31. The molecule has 2 aromatic rings. The summed E-state index contributed by atoms with van der Waals surface area (Å²) >= 11 is 1.17. The number of nitrogens with one attached hydrogen (secondary N) is 1.